The van der Waals surface area contributed by atoms with E-state index in [0.29, 0.717) is 11.5 Å². The van der Waals surface area contributed by atoms with Crippen molar-refractivity contribution in [3.63, 3.8) is 0 Å². The first-order valence-electron chi connectivity index (χ1n) is 10.3. The fraction of sp³-hybridized carbons (Fsp3) is 0.0769. The second kappa shape index (κ2) is 10.7. The van der Waals surface area contributed by atoms with E-state index in [1.54, 1.807) is 12.1 Å². The molecule has 0 aliphatic rings. The summed E-state index contributed by atoms with van der Waals surface area (Å²) in [4.78, 5) is 24.0. The summed E-state index contributed by atoms with van der Waals surface area (Å²) in [6.07, 6.45) is 0. The van der Waals surface area contributed by atoms with Crippen LogP contribution in [0.5, 0.6) is 11.5 Å². The summed E-state index contributed by atoms with van der Waals surface area (Å²) in [5.41, 5.74) is 6.74. The largest absolute Gasteiger partial charge is 0.484 e. The predicted molar refractivity (Wildman–Crippen MR) is 131 cm³/mol. The number of halogens is 1. The van der Waals surface area contributed by atoms with Gasteiger partial charge in [0.2, 0.25) is 0 Å². The van der Waals surface area contributed by atoms with E-state index in [2.05, 4.69) is 26.8 Å². The maximum Gasteiger partial charge on any atom is 0.276 e. The lowest BCUT2D eigenvalue weighted by molar-refractivity contribution is -0.131. The fourth-order valence-electron chi connectivity index (χ4n) is 3.19. The highest BCUT2D eigenvalue weighted by molar-refractivity contribution is 9.10. The molecule has 0 heterocycles. The third-order valence-electron chi connectivity index (χ3n) is 4.83. The summed E-state index contributed by atoms with van der Waals surface area (Å²) in [5, 5.41) is 2.10. The number of hydrogen-bond donors (Lipinski definition) is 2. The van der Waals surface area contributed by atoms with E-state index >= 15 is 0 Å². The molecule has 0 radical (unpaired) electrons. The van der Waals surface area contributed by atoms with Crippen LogP contribution in [0.4, 0.5) is 0 Å². The highest BCUT2D eigenvalue weighted by atomic mass is 79.9. The Balaban J connectivity index is 1.21. The lowest BCUT2D eigenvalue weighted by Gasteiger charge is -2.11. The first kappa shape index (κ1) is 22.4. The summed E-state index contributed by atoms with van der Waals surface area (Å²) in [7, 11) is 0. The van der Waals surface area contributed by atoms with Crippen LogP contribution in [0.2, 0.25) is 0 Å². The zero-order valence-electron chi connectivity index (χ0n) is 17.6. The van der Waals surface area contributed by atoms with Gasteiger partial charge in [0.15, 0.2) is 13.2 Å². The topological polar surface area (TPSA) is 76.7 Å². The first-order valence-corrected chi connectivity index (χ1v) is 11.0. The van der Waals surface area contributed by atoms with Gasteiger partial charge in [-0.3, -0.25) is 20.4 Å². The fourth-order valence-corrected chi connectivity index (χ4v) is 3.68. The number of nitrogens with one attached hydrogen (secondary N) is 2. The molecule has 0 aliphatic heterocycles. The molecule has 2 amide bonds. The van der Waals surface area contributed by atoms with E-state index in [1.165, 1.54) is 0 Å². The van der Waals surface area contributed by atoms with Crippen LogP contribution in [-0.2, 0) is 9.59 Å². The minimum atomic E-state index is -0.493. The lowest BCUT2D eigenvalue weighted by atomic mass is 10.1. The molecule has 2 N–H and O–H groups in total. The lowest BCUT2D eigenvalue weighted by Crippen LogP contribution is -2.45. The monoisotopic (exact) mass is 504 g/mol. The van der Waals surface area contributed by atoms with Crippen molar-refractivity contribution in [3.8, 4) is 22.6 Å². The molecule has 4 rings (SSSR count). The maximum atomic E-state index is 12.0. The molecule has 0 bridgehead atoms. The van der Waals surface area contributed by atoms with Crippen LogP contribution in [-0.4, -0.2) is 25.0 Å². The number of carbonyl (C=O) groups is 2. The Morgan fingerprint density at radius 1 is 0.667 bits per heavy atom. The molecule has 7 heteroatoms. The summed E-state index contributed by atoms with van der Waals surface area (Å²) < 4.78 is 11.8. The molecular weight excluding hydrogens is 484 g/mol. The molecule has 0 fully saturated rings. The van der Waals surface area contributed by atoms with Gasteiger partial charge in [0.25, 0.3) is 11.8 Å². The zero-order chi connectivity index (χ0) is 23.0. The van der Waals surface area contributed by atoms with Gasteiger partial charge < -0.3 is 9.47 Å². The van der Waals surface area contributed by atoms with Crippen LogP contribution < -0.4 is 20.3 Å². The molecular formula is C26H21BrN2O4. The Morgan fingerprint density at radius 3 is 2.06 bits per heavy atom. The molecule has 0 spiro atoms. The van der Waals surface area contributed by atoms with Gasteiger partial charge >= 0.3 is 0 Å². The standard InChI is InChI=1S/C26H21BrN2O4/c27-23-15-21(18-6-2-1-3-7-18)11-13-24(23)33-17-26(31)29-28-25(30)16-32-22-12-10-19-8-4-5-9-20(19)14-22/h1-15H,16-17H2,(H,28,30)(H,29,31). The van der Waals surface area contributed by atoms with Gasteiger partial charge in [0.05, 0.1) is 4.47 Å². The molecule has 33 heavy (non-hydrogen) atoms. The molecule has 0 saturated heterocycles. The van der Waals surface area contributed by atoms with E-state index in [1.807, 2.05) is 78.9 Å². The Labute approximate surface area is 199 Å². The van der Waals surface area contributed by atoms with E-state index in [4.69, 9.17) is 9.47 Å². The SMILES string of the molecule is O=C(COc1ccc2ccccc2c1)NNC(=O)COc1ccc(-c2ccccc2)cc1Br. The average molecular weight is 505 g/mol. The Hall–Kier alpha value is -3.84. The van der Waals surface area contributed by atoms with E-state index < -0.39 is 11.8 Å². The summed E-state index contributed by atoms with van der Waals surface area (Å²) >= 11 is 3.47. The van der Waals surface area contributed by atoms with E-state index in [9.17, 15) is 9.59 Å². The van der Waals surface area contributed by atoms with Gasteiger partial charge in [-0.15, -0.1) is 0 Å². The van der Waals surface area contributed by atoms with Crippen molar-refractivity contribution in [1.29, 1.82) is 0 Å². The van der Waals surface area contributed by atoms with Crippen LogP contribution in [0, 0.1) is 0 Å². The van der Waals surface area contributed by atoms with Gasteiger partial charge in [0.1, 0.15) is 11.5 Å². The maximum absolute atomic E-state index is 12.0. The number of ether oxygens (including phenoxy) is 2. The minimum absolute atomic E-state index is 0.230. The van der Waals surface area contributed by atoms with Crippen molar-refractivity contribution in [3.05, 3.63) is 95.5 Å². The normalized spacial score (nSPS) is 10.5. The van der Waals surface area contributed by atoms with Crippen molar-refractivity contribution >= 4 is 38.5 Å². The molecule has 0 aliphatic carbocycles. The zero-order valence-corrected chi connectivity index (χ0v) is 19.2. The quantitative estimate of drug-likeness (QED) is 0.352. The second-order valence-corrected chi connectivity index (χ2v) is 8.05. The van der Waals surface area contributed by atoms with Crippen LogP contribution in [0.1, 0.15) is 0 Å². The number of rotatable bonds is 7. The predicted octanol–water partition coefficient (Wildman–Crippen LogP) is 4.87. The number of benzene rings is 4. The van der Waals surface area contributed by atoms with Crippen molar-refractivity contribution < 1.29 is 19.1 Å². The molecule has 0 atom stereocenters. The number of carbonyl (C=O) groups excluding carboxylic acids is 2. The van der Waals surface area contributed by atoms with Gasteiger partial charge in [-0.25, -0.2) is 0 Å². The van der Waals surface area contributed by atoms with Gasteiger partial charge in [-0.2, -0.15) is 0 Å². The van der Waals surface area contributed by atoms with Crippen molar-refractivity contribution in [1.82, 2.24) is 10.9 Å². The smallest absolute Gasteiger partial charge is 0.276 e. The molecule has 0 aromatic heterocycles. The molecule has 6 nitrogen and oxygen atoms in total. The summed E-state index contributed by atoms with van der Waals surface area (Å²) in [6.45, 7) is -0.485. The van der Waals surface area contributed by atoms with Crippen LogP contribution in [0.15, 0.2) is 95.5 Å². The first-order chi connectivity index (χ1) is 16.1. The number of fused-ring (bicyclic) bond motifs is 1. The molecule has 0 saturated carbocycles. The highest BCUT2D eigenvalue weighted by Gasteiger charge is 2.09. The highest BCUT2D eigenvalue weighted by Crippen LogP contribution is 2.30. The second-order valence-electron chi connectivity index (χ2n) is 7.19. The molecule has 4 aromatic carbocycles. The Kier molecular flexibility index (Phi) is 7.22. The molecule has 0 unspecified atom stereocenters. The summed E-state index contributed by atoms with van der Waals surface area (Å²) in [6, 6.07) is 29.0. The molecule has 4 aromatic rings. The van der Waals surface area contributed by atoms with E-state index in [0.717, 1.165) is 26.4 Å². The van der Waals surface area contributed by atoms with Crippen molar-refractivity contribution in [2.45, 2.75) is 0 Å². The van der Waals surface area contributed by atoms with Crippen LogP contribution in [0.3, 0.4) is 0 Å². The van der Waals surface area contributed by atoms with Crippen LogP contribution >= 0.6 is 15.9 Å². The molecule has 166 valence electrons. The Morgan fingerprint density at radius 2 is 1.33 bits per heavy atom. The Bertz CT molecular complexity index is 1280. The van der Waals surface area contributed by atoms with Crippen molar-refractivity contribution in [2.24, 2.45) is 0 Å². The average Bonchev–Trinajstić information content (AvgIpc) is 2.85. The van der Waals surface area contributed by atoms with Crippen LogP contribution in [0.25, 0.3) is 21.9 Å². The number of hydrazine groups is 1. The number of hydrogen-bond acceptors (Lipinski definition) is 4. The van der Waals surface area contributed by atoms with Gasteiger partial charge in [-0.1, -0.05) is 66.7 Å². The van der Waals surface area contributed by atoms with Crippen molar-refractivity contribution in [2.75, 3.05) is 13.2 Å². The minimum Gasteiger partial charge on any atom is -0.484 e. The third kappa shape index (κ3) is 6.11. The third-order valence-corrected chi connectivity index (χ3v) is 5.45. The number of amides is 2. The van der Waals surface area contributed by atoms with Gasteiger partial charge in [-0.05, 0) is 62.1 Å². The van der Waals surface area contributed by atoms with Gasteiger partial charge in [0, 0.05) is 0 Å². The summed E-state index contributed by atoms with van der Waals surface area (Å²) in [5.74, 6) is 0.121. The van der Waals surface area contributed by atoms with E-state index in [-0.39, 0.29) is 13.2 Å².